The van der Waals surface area contributed by atoms with Crippen LogP contribution in [0.25, 0.3) is 0 Å². The third kappa shape index (κ3) is 2.75. The van der Waals surface area contributed by atoms with Crippen molar-refractivity contribution in [2.24, 2.45) is 0 Å². The summed E-state index contributed by atoms with van der Waals surface area (Å²) in [4.78, 5) is 14.5. The highest BCUT2D eigenvalue weighted by molar-refractivity contribution is 6.33. The number of nitrogens with one attached hydrogen (secondary N) is 1. The Kier molecular flexibility index (Phi) is 3.74. The summed E-state index contributed by atoms with van der Waals surface area (Å²) in [7, 11) is 0. The van der Waals surface area contributed by atoms with E-state index in [1.165, 1.54) is 6.07 Å². The maximum Gasteiger partial charge on any atom is 0.310 e. The topological polar surface area (TPSA) is 68.1 Å². The summed E-state index contributed by atoms with van der Waals surface area (Å²) in [6, 6.07) is 10.3. The molecule has 2 rings (SSSR count). The molecule has 2 aromatic rings. The number of nitrogens with zero attached hydrogens (tertiary/aromatic N) is 2. The van der Waals surface area contributed by atoms with Crippen LogP contribution >= 0.6 is 11.6 Å². The van der Waals surface area contributed by atoms with Crippen molar-refractivity contribution in [2.75, 3.05) is 5.32 Å². The van der Waals surface area contributed by atoms with Gasteiger partial charge in [0.05, 0.1) is 17.2 Å². The summed E-state index contributed by atoms with van der Waals surface area (Å²) in [6.45, 7) is 0.405. The summed E-state index contributed by atoms with van der Waals surface area (Å²) in [5.41, 5.74) is 1.07. The van der Waals surface area contributed by atoms with Crippen molar-refractivity contribution in [1.82, 2.24) is 4.98 Å². The predicted octanol–water partition coefficient (Wildman–Crippen LogP) is 3.26. The Morgan fingerprint density at radius 3 is 2.78 bits per heavy atom. The zero-order chi connectivity index (χ0) is 13.0. The van der Waals surface area contributed by atoms with Crippen LogP contribution in [0.5, 0.6) is 0 Å². The van der Waals surface area contributed by atoms with E-state index in [9.17, 15) is 10.1 Å². The average molecular weight is 264 g/mol. The van der Waals surface area contributed by atoms with Crippen LogP contribution in [-0.2, 0) is 6.54 Å². The van der Waals surface area contributed by atoms with E-state index in [0.29, 0.717) is 12.2 Å². The highest BCUT2D eigenvalue weighted by Crippen LogP contribution is 2.32. The molecule has 0 aliphatic rings. The molecule has 0 aliphatic heterocycles. The Hall–Kier alpha value is -2.14. The van der Waals surface area contributed by atoms with E-state index >= 15 is 0 Å². The summed E-state index contributed by atoms with van der Waals surface area (Å²) in [6.07, 6.45) is 1.67. The van der Waals surface area contributed by atoms with Crippen LogP contribution in [0, 0.1) is 10.1 Å². The molecule has 0 atom stereocenters. The second-order valence-corrected chi connectivity index (χ2v) is 3.97. The van der Waals surface area contributed by atoms with Crippen molar-refractivity contribution in [3.05, 3.63) is 63.4 Å². The zero-order valence-electron chi connectivity index (χ0n) is 9.34. The Bertz CT molecular complexity index is 561. The van der Waals surface area contributed by atoms with Gasteiger partial charge in [0, 0.05) is 6.20 Å². The molecule has 0 unspecified atom stereocenters. The van der Waals surface area contributed by atoms with E-state index < -0.39 is 4.92 Å². The van der Waals surface area contributed by atoms with Gasteiger partial charge < -0.3 is 5.32 Å². The fourth-order valence-electron chi connectivity index (χ4n) is 1.53. The Balaban J connectivity index is 2.20. The van der Waals surface area contributed by atoms with Gasteiger partial charge in [-0.15, -0.1) is 0 Å². The zero-order valence-corrected chi connectivity index (χ0v) is 10.1. The molecule has 5 nitrogen and oxygen atoms in total. The summed E-state index contributed by atoms with van der Waals surface area (Å²) < 4.78 is 0. The number of rotatable bonds is 4. The quantitative estimate of drug-likeness (QED) is 0.679. The van der Waals surface area contributed by atoms with Crippen molar-refractivity contribution >= 4 is 23.0 Å². The number of aromatic nitrogens is 1. The van der Waals surface area contributed by atoms with Gasteiger partial charge in [0.25, 0.3) is 0 Å². The second-order valence-electron chi connectivity index (χ2n) is 3.57. The van der Waals surface area contributed by atoms with E-state index in [2.05, 4.69) is 10.3 Å². The lowest BCUT2D eigenvalue weighted by molar-refractivity contribution is -0.383. The number of hydrogen-bond acceptors (Lipinski definition) is 4. The highest BCUT2D eigenvalue weighted by atomic mass is 35.5. The van der Waals surface area contributed by atoms with Gasteiger partial charge in [-0.1, -0.05) is 23.7 Å². The first-order valence-corrected chi connectivity index (χ1v) is 5.63. The molecular formula is C12H10ClN3O2. The normalized spacial score (nSPS) is 10.1. The van der Waals surface area contributed by atoms with Gasteiger partial charge in [0.1, 0.15) is 10.7 Å². The Morgan fingerprint density at radius 2 is 2.11 bits per heavy atom. The van der Waals surface area contributed by atoms with Gasteiger partial charge >= 0.3 is 5.69 Å². The lowest BCUT2D eigenvalue weighted by Gasteiger charge is -2.07. The monoisotopic (exact) mass is 263 g/mol. The van der Waals surface area contributed by atoms with Crippen molar-refractivity contribution in [1.29, 1.82) is 0 Å². The smallest absolute Gasteiger partial charge is 0.310 e. The summed E-state index contributed by atoms with van der Waals surface area (Å²) in [5.74, 6) is 0. The number of anilines is 1. The van der Waals surface area contributed by atoms with Gasteiger partial charge in [-0.05, 0) is 24.3 Å². The first-order valence-electron chi connectivity index (χ1n) is 5.25. The van der Waals surface area contributed by atoms with Crippen LogP contribution in [0.15, 0.2) is 42.6 Å². The highest BCUT2D eigenvalue weighted by Gasteiger charge is 2.17. The molecule has 1 heterocycles. The number of nitro benzene ring substituents is 1. The molecule has 6 heteroatoms. The molecule has 1 aromatic heterocycles. The Morgan fingerprint density at radius 1 is 1.28 bits per heavy atom. The predicted molar refractivity (Wildman–Crippen MR) is 69.7 cm³/mol. The number of benzene rings is 1. The van der Waals surface area contributed by atoms with Crippen LogP contribution in [-0.4, -0.2) is 9.91 Å². The Labute approximate surface area is 109 Å². The molecule has 1 N–H and O–H groups in total. The van der Waals surface area contributed by atoms with E-state index in [4.69, 9.17) is 11.6 Å². The minimum atomic E-state index is -0.497. The number of halogens is 1. The molecule has 0 saturated heterocycles. The second kappa shape index (κ2) is 5.46. The molecule has 0 amide bonds. The molecular weight excluding hydrogens is 254 g/mol. The minimum absolute atomic E-state index is 0.116. The molecule has 0 bridgehead atoms. The largest absolute Gasteiger partial charge is 0.374 e. The lowest BCUT2D eigenvalue weighted by atomic mass is 10.2. The minimum Gasteiger partial charge on any atom is -0.374 e. The van der Waals surface area contributed by atoms with Crippen molar-refractivity contribution < 1.29 is 4.92 Å². The van der Waals surface area contributed by atoms with Gasteiger partial charge in [0.15, 0.2) is 0 Å². The molecule has 0 fully saturated rings. The van der Waals surface area contributed by atoms with Crippen molar-refractivity contribution in [2.45, 2.75) is 6.54 Å². The van der Waals surface area contributed by atoms with Crippen LogP contribution in [0.2, 0.25) is 5.02 Å². The maximum atomic E-state index is 10.9. The fraction of sp³-hybridized carbons (Fsp3) is 0.0833. The van der Waals surface area contributed by atoms with Gasteiger partial charge in [-0.3, -0.25) is 15.1 Å². The van der Waals surface area contributed by atoms with Gasteiger partial charge in [0.2, 0.25) is 0 Å². The number of nitro groups is 1. The number of para-hydroxylation sites is 1. The van der Waals surface area contributed by atoms with Gasteiger partial charge in [-0.25, -0.2) is 0 Å². The van der Waals surface area contributed by atoms with Crippen LogP contribution < -0.4 is 5.32 Å². The van der Waals surface area contributed by atoms with E-state index in [-0.39, 0.29) is 10.7 Å². The summed E-state index contributed by atoms with van der Waals surface area (Å²) >= 11 is 5.81. The van der Waals surface area contributed by atoms with E-state index in [1.807, 2.05) is 18.2 Å². The summed E-state index contributed by atoms with van der Waals surface area (Å²) in [5, 5.41) is 14.0. The number of pyridine rings is 1. The van der Waals surface area contributed by atoms with Crippen LogP contribution in [0.1, 0.15) is 5.69 Å². The standard InChI is InChI=1S/C12H10ClN3O2/c13-10-5-3-6-11(12(10)16(17)18)15-8-9-4-1-2-7-14-9/h1-7,15H,8H2. The molecule has 0 aliphatic carbocycles. The van der Waals surface area contributed by atoms with Gasteiger partial charge in [-0.2, -0.15) is 0 Å². The van der Waals surface area contributed by atoms with Crippen LogP contribution in [0.4, 0.5) is 11.4 Å². The van der Waals surface area contributed by atoms with Crippen molar-refractivity contribution in [3.8, 4) is 0 Å². The van der Waals surface area contributed by atoms with E-state index in [0.717, 1.165) is 5.69 Å². The fourth-order valence-corrected chi connectivity index (χ4v) is 1.78. The molecule has 0 radical (unpaired) electrons. The third-order valence-electron chi connectivity index (χ3n) is 2.36. The van der Waals surface area contributed by atoms with E-state index in [1.54, 1.807) is 18.3 Å². The first-order chi connectivity index (χ1) is 8.68. The van der Waals surface area contributed by atoms with Crippen molar-refractivity contribution in [3.63, 3.8) is 0 Å². The average Bonchev–Trinajstić information content (AvgIpc) is 2.37. The molecule has 0 saturated carbocycles. The molecule has 18 heavy (non-hydrogen) atoms. The number of hydrogen-bond donors (Lipinski definition) is 1. The SMILES string of the molecule is O=[N+]([O-])c1c(Cl)cccc1NCc1ccccn1. The third-order valence-corrected chi connectivity index (χ3v) is 2.66. The maximum absolute atomic E-state index is 10.9. The van der Waals surface area contributed by atoms with Crippen LogP contribution in [0.3, 0.4) is 0 Å². The first kappa shape index (κ1) is 12.3. The molecule has 92 valence electrons. The molecule has 1 aromatic carbocycles. The molecule has 0 spiro atoms. The lowest BCUT2D eigenvalue weighted by Crippen LogP contribution is -2.04.